The Morgan fingerprint density at radius 3 is 2.50 bits per heavy atom. The summed E-state index contributed by atoms with van der Waals surface area (Å²) in [5.41, 5.74) is 2.38. The molecule has 2 heterocycles. The van der Waals surface area contributed by atoms with Crippen LogP contribution in [-0.4, -0.2) is 39.4 Å². The highest BCUT2D eigenvalue weighted by Crippen LogP contribution is 2.19. The Morgan fingerprint density at radius 1 is 1.04 bits per heavy atom. The standard InChI is InChI=1S/C21H21BrN4O2/c22-15-7-9-16(10-8-15)23-20(27)14-26-18-6-2-1-5-17(18)24-19(26)13-21(28)25-11-3-4-12-25/h1-2,5-10H,3-4,11-14H2,(H,23,27). The molecule has 2 aromatic carbocycles. The maximum absolute atomic E-state index is 12.6. The van der Waals surface area contributed by atoms with E-state index in [1.807, 2.05) is 58.0 Å². The first-order chi connectivity index (χ1) is 13.6. The zero-order chi connectivity index (χ0) is 19.5. The van der Waals surface area contributed by atoms with Crippen molar-refractivity contribution in [1.29, 1.82) is 0 Å². The Morgan fingerprint density at radius 2 is 1.75 bits per heavy atom. The minimum atomic E-state index is -0.152. The van der Waals surface area contributed by atoms with E-state index in [-0.39, 0.29) is 24.8 Å². The molecule has 144 valence electrons. The number of carbonyl (C=O) groups excluding carboxylic acids is 2. The van der Waals surface area contributed by atoms with E-state index in [2.05, 4.69) is 26.2 Å². The maximum Gasteiger partial charge on any atom is 0.244 e. The van der Waals surface area contributed by atoms with Crippen LogP contribution in [0.1, 0.15) is 18.7 Å². The number of aromatic nitrogens is 2. The number of rotatable bonds is 5. The van der Waals surface area contributed by atoms with Crippen molar-refractivity contribution < 1.29 is 9.59 Å². The third-order valence-corrected chi connectivity index (χ3v) is 5.46. The first kappa shape index (κ1) is 18.7. The SMILES string of the molecule is O=C(Cn1c(CC(=O)N2CCCC2)nc2ccccc21)Nc1ccc(Br)cc1. The van der Waals surface area contributed by atoms with Gasteiger partial charge in [0.05, 0.1) is 17.5 Å². The lowest BCUT2D eigenvalue weighted by Gasteiger charge is -2.15. The predicted octanol–water partition coefficient (Wildman–Crippen LogP) is 3.60. The number of benzene rings is 2. The molecule has 1 aliphatic rings. The lowest BCUT2D eigenvalue weighted by molar-refractivity contribution is -0.129. The summed E-state index contributed by atoms with van der Waals surface area (Å²) in [6.45, 7) is 1.73. The zero-order valence-corrected chi connectivity index (χ0v) is 17.0. The fourth-order valence-electron chi connectivity index (χ4n) is 3.53. The summed E-state index contributed by atoms with van der Waals surface area (Å²) in [6.07, 6.45) is 2.32. The van der Waals surface area contributed by atoms with Crippen molar-refractivity contribution in [1.82, 2.24) is 14.5 Å². The van der Waals surface area contributed by atoms with Crippen LogP contribution in [0.15, 0.2) is 53.0 Å². The van der Waals surface area contributed by atoms with E-state index in [4.69, 9.17) is 0 Å². The van der Waals surface area contributed by atoms with Gasteiger partial charge in [0.1, 0.15) is 12.4 Å². The van der Waals surface area contributed by atoms with Crippen LogP contribution in [-0.2, 0) is 22.6 Å². The minimum absolute atomic E-state index is 0.0716. The molecule has 7 heteroatoms. The number of anilines is 1. The van der Waals surface area contributed by atoms with Crippen molar-refractivity contribution in [2.75, 3.05) is 18.4 Å². The maximum atomic E-state index is 12.6. The summed E-state index contributed by atoms with van der Waals surface area (Å²) >= 11 is 3.39. The molecule has 0 spiro atoms. The van der Waals surface area contributed by atoms with Gasteiger partial charge in [0, 0.05) is 23.2 Å². The summed E-state index contributed by atoms with van der Waals surface area (Å²) in [5.74, 6) is 0.548. The molecule has 0 bridgehead atoms. The summed E-state index contributed by atoms with van der Waals surface area (Å²) in [6, 6.07) is 15.1. The van der Waals surface area contributed by atoms with Gasteiger partial charge in [-0.05, 0) is 49.2 Å². The number of imidazole rings is 1. The van der Waals surface area contributed by atoms with E-state index in [9.17, 15) is 9.59 Å². The molecule has 2 amide bonds. The lowest BCUT2D eigenvalue weighted by Crippen LogP contribution is -2.30. The smallest absolute Gasteiger partial charge is 0.244 e. The number of hydrogen-bond donors (Lipinski definition) is 1. The molecule has 0 radical (unpaired) electrons. The van der Waals surface area contributed by atoms with Gasteiger partial charge in [0.2, 0.25) is 11.8 Å². The highest BCUT2D eigenvalue weighted by Gasteiger charge is 2.22. The van der Waals surface area contributed by atoms with Crippen molar-refractivity contribution >= 4 is 44.5 Å². The Hall–Kier alpha value is -2.67. The zero-order valence-electron chi connectivity index (χ0n) is 15.4. The summed E-state index contributed by atoms with van der Waals surface area (Å²) < 4.78 is 2.80. The molecule has 4 rings (SSSR count). The Kier molecular flexibility index (Phi) is 5.43. The third-order valence-electron chi connectivity index (χ3n) is 4.93. The van der Waals surface area contributed by atoms with E-state index < -0.39 is 0 Å². The fourth-order valence-corrected chi connectivity index (χ4v) is 3.79. The number of nitrogens with one attached hydrogen (secondary N) is 1. The average Bonchev–Trinajstić information content (AvgIpc) is 3.33. The number of nitrogens with zero attached hydrogens (tertiary/aromatic N) is 3. The van der Waals surface area contributed by atoms with Crippen LogP contribution in [0.4, 0.5) is 5.69 Å². The number of halogens is 1. The summed E-state index contributed by atoms with van der Waals surface area (Å²) in [4.78, 5) is 31.8. The normalized spacial score (nSPS) is 13.8. The molecule has 1 fully saturated rings. The quantitative estimate of drug-likeness (QED) is 0.658. The van der Waals surface area contributed by atoms with Gasteiger partial charge in [-0.1, -0.05) is 28.1 Å². The molecular formula is C21H21BrN4O2. The van der Waals surface area contributed by atoms with Gasteiger partial charge in [-0.2, -0.15) is 0 Å². The Labute approximate surface area is 171 Å². The van der Waals surface area contributed by atoms with Gasteiger partial charge in [0.25, 0.3) is 0 Å². The molecule has 0 unspecified atom stereocenters. The van der Waals surface area contributed by atoms with Crippen LogP contribution in [0.5, 0.6) is 0 Å². The minimum Gasteiger partial charge on any atom is -0.342 e. The molecule has 6 nitrogen and oxygen atoms in total. The second-order valence-electron chi connectivity index (χ2n) is 6.92. The van der Waals surface area contributed by atoms with E-state index in [0.29, 0.717) is 5.82 Å². The van der Waals surface area contributed by atoms with Gasteiger partial charge < -0.3 is 14.8 Å². The molecule has 0 saturated carbocycles. The van der Waals surface area contributed by atoms with Crippen molar-refractivity contribution in [2.45, 2.75) is 25.8 Å². The number of likely N-dealkylation sites (tertiary alicyclic amines) is 1. The van der Waals surface area contributed by atoms with E-state index in [0.717, 1.165) is 47.1 Å². The van der Waals surface area contributed by atoms with Crippen LogP contribution in [0, 0.1) is 0 Å². The van der Waals surface area contributed by atoms with Gasteiger partial charge in [-0.25, -0.2) is 4.98 Å². The molecule has 0 aliphatic carbocycles. The van der Waals surface area contributed by atoms with Crippen molar-refractivity contribution in [3.63, 3.8) is 0 Å². The molecule has 1 aliphatic heterocycles. The first-order valence-electron chi connectivity index (χ1n) is 9.37. The number of para-hydroxylation sites is 2. The summed E-state index contributed by atoms with van der Waals surface area (Å²) in [7, 11) is 0. The van der Waals surface area contributed by atoms with Gasteiger partial charge in [-0.3, -0.25) is 9.59 Å². The molecule has 0 atom stereocenters. The second kappa shape index (κ2) is 8.14. The van der Waals surface area contributed by atoms with E-state index in [1.165, 1.54) is 0 Å². The molecular weight excluding hydrogens is 420 g/mol. The second-order valence-corrected chi connectivity index (χ2v) is 7.84. The van der Waals surface area contributed by atoms with Gasteiger partial charge in [0.15, 0.2) is 0 Å². The third kappa shape index (κ3) is 4.09. The number of amides is 2. The van der Waals surface area contributed by atoms with E-state index >= 15 is 0 Å². The molecule has 3 aromatic rings. The topological polar surface area (TPSA) is 67.2 Å². The van der Waals surface area contributed by atoms with Crippen molar-refractivity contribution in [2.24, 2.45) is 0 Å². The number of fused-ring (bicyclic) bond motifs is 1. The van der Waals surface area contributed by atoms with Crippen LogP contribution in [0.2, 0.25) is 0 Å². The monoisotopic (exact) mass is 440 g/mol. The lowest BCUT2D eigenvalue weighted by atomic mass is 10.3. The highest BCUT2D eigenvalue weighted by molar-refractivity contribution is 9.10. The first-order valence-corrected chi connectivity index (χ1v) is 10.2. The molecule has 28 heavy (non-hydrogen) atoms. The van der Waals surface area contributed by atoms with Crippen molar-refractivity contribution in [3.8, 4) is 0 Å². The molecule has 1 saturated heterocycles. The number of carbonyl (C=O) groups is 2. The molecule has 1 aromatic heterocycles. The number of hydrogen-bond acceptors (Lipinski definition) is 3. The highest BCUT2D eigenvalue weighted by atomic mass is 79.9. The van der Waals surface area contributed by atoms with Gasteiger partial charge >= 0.3 is 0 Å². The van der Waals surface area contributed by atoms with E-state index in [1.54, 1.807) is 0 Å². The predicted molar refractivity (Wildman–Crippen MR) is 112 cm³/mol. The van der Waals surface area contributed by atoms with Gasteiger partial charge in [-0.15, -0.1) is 0 Å². The largest absolute Gasteiger partial charge is 0.342 e. The van der Waals surface area contributed by atoms with Crippen LogP contribution >= 0.6 is 15.9 Å². The average molecular weight is 441 g/mol. The Balaban J connectivity index is 1.56. The van der Waals surface area contributed by atoms with Crippen LogP contribution < -0.4 is 5.32 Å². The Bertz CT molecular complexity index is 1010. The summed E-state index contributed by atoms with van der Waals surface area (Å²) in [5, 5.41) is 2.90. The van der Waals surface area contributed by atoms with Crippen molar-refractivity contribution in [3.05, 3.63) is 58.8 Å². The molecule has 1 N–H and O–H groups in total. The fraction of sp³-hybridized carbons (Fsp3) is 0.286. The van der Waals surface area contributed by atoms with Crippen LogP contribution in [0.3, 0.4) is 0 Å². The van der Waals surface area contributed by atoms with Crippen LogP contribution in [0.25, 0.3) is 11.0 Å².